The number of para-hydroxylation sites is 1. The molecule has 1 atom stereocenters. The third-order valence-corrected chi connectivity index (χ3v) is 5.76. The number of rotatable bonds is 8. The quantitative estimate of drug-likeness (QED) is 0.610. The average Bonchev–Trinajstić information content (AvgIpc) is 2.66. The van der Waals surface area contributed by atoms with E-state index in [4.69, 9.17) is 4.18 Å². The summed E-state index contributed by atoms with van der Waals surface area (Å²) >= 11 is 0. The Labute approximate surface area is 166 Å². The fourth-order valence-corrected chi connectivity index (χ4v) is 3.63. The molecular formula is C21H26FNO4S. The molecule has 0 radical (unpaired) electrons. The summed E-state index contributed by atoms with van der Waals surface area (Å²) in [5.41, 5.74) is 0.586. The van der Waals surface area contributed by atoms with Gasteiger partial charge in [-0.15, -0.1) is 0 Å². The van der Waals surface area contributed by atoms with Crippen LogP contribution in [-0.2, 0) is 21.5 Å². The lowest BCUT2D eigenvalue weighted by atomic mass is 10.1. The van der Waals surface area contributed by atoms with E-state index in [-0.39, 0.29) is 35.1 Å². The molecule has 0 fully saturated rings. The van der Waals surface area contributed by atoms with Gasteiger partial charge in [0.2, 0.25) is 5.91 Å². The first-order valence-corrected chi connectivity index (χ1v) is 10.6. The van der Waals surface area contributed by atoms with E-state index < -0.39 is 15.9 Å². The van der Waals surface area contributed by atoms with E-state index in [9.17, 15) is 17.6 Å². The minimum absolute atomic E-state index is 0.00309. The normalized spacial score (nSPS) is 12.6. The highest BCUT2D eigenvalue weighted by atomic mass is 32.2. The van der Waals surface area contributed by atoms with Crippen molar-refractivity contribution >= 4 is 16.0 Å². The number of nitrogens with zero attached hydrogens (tertiary/aromatic N) is 1. The second kappa shape index (κ2) is 9.19. The third kappa shape index (κ3) is 5.32. The summed E-state index contributed by atoms with van der Waals surface area (Å²) in [6.07, 6.45) is 0.773. The van der Waals surface area contributed by atoms with Gasteiger partial charge in [-0.25, -0.2) is 4.39 Å². The molecule has 2 aromatic carbocycles. The van der Waals surface area contributed by atoms with Crippen LogP contribution in [0.25, 0.3) is 0 Å². The highest BCUT2D eigenvalue weighted by Crippen LogP contribution is 2.26. The number of carbonyl (C=O) groups excluding carboxylic acids is 1. The number of hydrogen-bond acceptors (Lipinski definition) is 4. The van der Waals surface area contributed by atoms with Crippen LogP contribution in [0.2, 0.25) is 0 Å². The van der Waals surface area contributed by atoms with E-state index in [1.54, 1.807) is 29.2 Å². The molecule has 0 saturated carbocycles. The molecular weight excluding hydrogens is 381 g/mol. The van der Waals surface area contributed by atoms with Gasteiger partial charge in [0, 0.05) is 24.1 Å². The predicted octanol–water partition coefficient (Wildman–Crippen LogP) is 4.38. The van der Waals surface area contributed by atoms with Gasteiger partial charge in [-0.1, -0.05) is 39.0 Å². The van der Waals surface area contributed by atoms with Gasteiger partial charge >= 0.3 is 10.1 Å². The Kier molecular flexibility index (Phi) is 7.18. The third-order valence-electron chi connectivity index (χ3n) is 4.51. The number of halogens is 1. The predicted molar refractivity (Wildman–Crippen MR) is 106 cm³/mol. The summed E-state index contributed by atoms with van der Waals surface area (Å²) in [6, 6.07) is 11.1. The molecule has 0 unspecified atom stereocenters. The lowest BCUT2D eigenvalue weighted by molar-refractivity contribution is -0.137. The molecule has 0 saturated heterocycles. The molecule has 0 aliphatic carbocycles. The Morgan fingerprint density at radius 2 is 1.68 bits per heavy atom. The molecule has 2 aromatic rings. The Morgan fingerprint density at radius 1 is 1.07 bits per heavy atom. The van der Waals surface area contributed by atoms with Crippen LogP contribution in [0, 0.1) is 11.7 Å². The molecule has 0 heterocycles. The van der Waals surface area contributed by atoms with Crippen LogP contribution in [0.5, 0.6) is 5.75 Å². The molecule has 0 aromatic heterocycles. The molecule has 5 nitrogen and oxygen atoms in total. The zero-order chi connectivity index (χ0) is 20.9. The molecule has 0 bridgehead atoms. The van der Waals surface area contributed by atoms with E-state index in [1.165, 1.54) is 0 Å². The Bertz CT molecular complexity index is 910. The van der Waals surface area contributed by atoms with Crippen molar-refractivity contribution in [3.63, 3.8) is 0 Å². The minimum atomic E-state index is -4.12. The standard InChI is InChI=1S/C21H26FNO4S/c1-5-16(4)23(21(24)15(2)3)14-17-8-6-7-9-20(17)27-28(25,26)19-12-10-18(22)11-13-19/h6-13,15-16H,5,14H2,1-4H3/t16-/m1/s1. The number of carbonyl (C=O) groups is 1. The molecule has 0 N–H and O–H groups in total. The zero-order valence-corrected chi connectivity index (χ0v) is 17.4. The average molecular weight is 408 g/mol. The zero-order valence-electron chi connectivity index (χ0n) is 16.6. The van der Waals surface area contributed by atoms with Gasteiger partial charge in [-0.05, 0) is 43.7 Å². The van der Waals surface area contributed by atoms with E-state index in [1.807, 2.05) is 27.7 Å². The second-order valence-electron chi connectivity index (χ2n) is 6.98. The van der Waals surface area contributed by atoms with Gasteiger partial charge < -0.3 is 9.08 Å². The van der Waals surface area contributed by atoms with Crippen molar-refractivity contribution in [2.75, 3.05) is 0 Å². The van der Waals surface area contributed by atoms with Gasteiger partial charge in [-0.2, -0.15) is 8.42 Å². The molecule has 0 spiro atoms. The number of hydrogen-bond donors (Lipinski definition) is 0. The topological polar surface area (TPSA) is 63.7 Å². The molecule has 0 aliphatic heterocycles. The van der Waals surface area contributed by atoms with Crippen molar-refractivity contribution in [1.29, 1.82) is 0 Å². The smallest absolute Gasteiger partial charge is 0.339 e. The van der Waals surface area contributed by atoms with Gasteiger partial charge in [-0.3, -0.25) is 4.79 Å². The first-order chi connectivity index (χ1) is 13.2. The molecule has 28 heavy (non-hydrogen) atoms. The van der Waals surface area contributed by atoms with E-state index >= 15 is 0 Å². The summed E-state index contributed by atoms with van der Waals surface area (Å²) in [7, 11) is -4.12. The maximum atomic E-state index is 13.1. The Morgan fingerprint density at radius 3 is 2.25 bits per heavy atom. The summed E-state index contributed by atoms with van der Waals surface area (Å²) in [5.74, 6) is -0.567. The summed E-state index contributed by atoms with van der Waals surface area (Å²) < 4.78 is 43.5. The van der Waals surface area contributed by atoms with Gasteiger partial charge in [0.15, 0.2) is 0 Å². The fourth-order valence-electron chi connectivity index (χ4n) is 2.67. The van der Waals surface area contributed by atoms with Crippen LogP contribution in [0.1, 0.15) is 39.7 Å². The Hall–Kier alpha value is -2.41. The van der Waals surface area contributed by atoms with Crippen molar-refractivity contribution in [2.24, 2.45) is 5.92 Å². The van der Waals surface area contributed by atoms with E-state index in [2.05, 4.69) is 0 Å². The molecule has 1 amide bonds. The lowest BCUT2D eigenvalue weighted by Crippen LogP contribution is -2.40. The van der Waals surface area contributed by atoms with Gasteiger partial charge in [0.05, 0.1) is 0 Å². The van der Waals surface area contributed by atoms with Gasteiger partial charge in [0.25, 0.3) is 0 Å². The van der Waals surface area contributed by atoms with Crippen molar-refractivity contribution in [1.82, 2.24) is 4.90 Å². The minimum Gasteiger partial charge on any atom is -0.379 e. The van der Waals surface area contributed by atoms with Gasteiger partial charge in [0.1, 0.15) is 16.5 Å². The summed E-state index contributed by atoms with van der Waals surface area (Å²) in [6.45, 7) is 7.85. The van der Waals surface area contributed by atoms with Crippen LogP contribution in [0.15, 0.2) is 53.4 Å². The van der Waals surface area contributed by atoms with Crippen molar-refractivity contribution < 1.29 is 21.8 Å². The lowest BCUT2D eigenvalue weighted by Gasteiger charge is -2.30. The second-order valence-corrected chi connectivity index (χ2v) is 8.52. The number of amides is 1. The largest absolute Gasteiger partial charge is 0.379 e. The van der Waals surface area contributed by atoms with Crippen molar-refractivity contribution in [3.8, 4) is 5.75 Å². The van der Waals surface area contributed by atoms with E-state index in [0.717, 1.165) is 30.7 Å². The maximum Gasteiger partial charge on any atom is 0.339 e. The van der Waals surface area contributed by atoms with Crippen LogP contribution in [0.3, 0.4) is 0 Å². The molecule has 7 heteroatoms. The monoisotopic (exact) mass is 407 g/mol. The highest BCUT2D eigenvalue weighted by molar-refractivity contribution is 7.87. The molecule has 2 rings (SSSR count). The van der Waals surface area contributed by atoms with Crippen molar-refractivity contribution in [2.45, 2.75) is 51.6 Å². The summed E-state index contributed by atoms with van der Waals surface area (Å²) in [4.78, 5) is 14.2. The van der Waals surface area contributed by atoms with Crippen LogP contribution >= 0.6 is 0 Å². The SMILES string of the molecule is CC[C@@H](C)N(Cc1ccccc1OS(=O)(=O)c1ccc(F)cc1)C(=O)C(C)C. The van der Waals surface area contributed by atoms with Crippen molar-refractivity contribution in [3.05, 3.63) is 59.9 Å². The van der Waals surface area contributed by atoms with Crippen LogP contribution in [-0.4, -0.2) is 25.3 Å². The maximum absolute atomic E-state index is 13.1. The first-order valence-electron chi connectivity index (χ1n) is 9.24. The van der Waals surface area contributed by atoms with Crippen LogP contribution < -0.4 is 4.18 Å². The van der Waals surface area contributed by atoms with Crippen LogP contribution in [0.4, 0.5) is 4.39 Å². The first kappa shape index (κ1) is 21.9. The molecule has 0 aliphatic rings. The number of benzene rings is 2. The fraction of sp³-hybridized carbons (Fsp3) is 0.381. The van der Waals surface area contributed by atoms with E-state index in [0.29, 0.717) is 5.56 Å². The highest BCUT2D eigenvalue weighted by Gasteiger charge is 2.24. The summed E-state index contributed by atoms with van der Waals surface area (Å²) in [5, 5.41) is 0. The molecule has 152 valence electrons. The Balaban J connectivity index is 2.33.